The van der Waals surface area contributed by atoms with E-state index in [0.717, 1.165) is 0 Å². The molecule has 2 aromatic heterocycles. The summed E-state index contributed by atoms with van der Waals surface area (Å²) in [7, 11) is 0. The molecule has 54 valence electrons. The van der Waals surface area contributed by atoms with Crippen molar-refractivity contribution in [1.82, 2.24) is 9.97 Å². The van der Waals surface area contributed by atoms with E-state index < -0.39 is 0 Å². The van der Waals surface area contributed by atoms with Crippen molar-refractivity contribution in [3.05, 3.63) is 36.5 Å². The third-order valence-corrected chi connectivity index (χ3v) is 1.48. The van der Waals surface area contributed by atoms with Crippen LogP contribution in [-0.4, -0.2) is 9.97 Å². The van der Waals surface area contributed by atoms with Crippen LogP contribution in [-0.2, 0) is 0 Å². The molecule has 0 saturated carbocycles. The van der Waals surface area contributed by atoms with Gasteiger partial charge in [-0.25, -0.2) is 4.39 Å². The highest BCUT2D eigenvalue weighted by Gasteiger charge is 1.98. The number of fused-ring (bicyclic) bond motifs is 1. The number of pyridine rings is 2. The monoisotopic (exact) mass is 148 g/mol. The van der Waals surface area contributed by atoms with Crippen molar-refractivity contribution in [2.45, 2.75) is 0 Å². The lowest BCUT2D eigenvalue weighted by atomic mass is 10.2. The van der Waals surface area contributed by atoms with Gasteiger partial charge in [-0.05, 0) is 12.1 Å². The molecule has 0 aliphatic heterocycles. The zero-order chi connectivity index (χ0) is 7.68. The molecule has 0 radical (unpaired) electrons. The summed E-state index contributed by atoms with van der Waals surface area (Å²) >= 11 is 0. The van der Waals surface area contributed by atoms with E-state index in [4.69, 9.17) is 0 Å². The van der Waals surface area contributed by atoms with Crippen molar-refractivity contribution in [1.29, 1.82) is 0 Å². The normalized spacial score (nSPS) is 10.3. The fourth-order valence-corrected chi connectivity index (χ4v) is 0.965. The Morgan fingerprint density at radius 1 is 1.27 bits per heavy atom. The van der Waals surface area contributed by atoms with Crippen molar-refractivity contribution in [3.8, 4) is 0 Å². The molecule has 2 nitrogen and oxygen atoms in total. The number of hydrogen-bond acceptors (Lipinski definition) is 2. The van der Waals surface area contributed by atoms with Crippen molar-refractivity contribution >= 4 is 10.9 Å². The van der Waals surface area contributed by atoms with Crippen molar-refractivity contribution < 1.29 is 4.39 Å². The number of nitrogens with zero attached hydrogens (tertiary/aromatic N) is 2. The average molecular weight is 148 g/mol. The van der Waals surface area contributed by atoms with E-state index in [9.17, 15) is 4.39 Å². The molecule has 2 rings (SSSR count). The molecule has 2 heterocycles. The third-order valence-electron chi connectivity index (χ3n) is 1.48. The van der Waals surface area contributed by atoms with Gasteiger partial charge in [0, 0.05) is 11.6 Å². The lowest BCUT2D eigenvalue weighted by Crippen LogP contribution is -1.83. The SMILES string of the molecule is Fc1cncc2ncccc12. The maximum absolute atomic E-state index is 12.9. The molecule has 0 atom stereocenters. The van der Waals surface area contributed by atoms with Crippen LogP contribution in [0.15, 0.2) is 30.7 Å². The summed E-state index contributed by atoms with van der Waals surface area (Å²) in [5, 5.41) is 0.516. The highest BCUT2D eigenvalue weighted by Crippen LogP contribution is 2.11. The first kappa shape index (κ1) is 6.22. The van der Waals surface area contributed by atoms with Gasteiger partial charge in [0.2, 0.25) is 0 Å². The Morgan fingerprint density at radius 2 is 2.18 bits per heavy atom. The van der Waals surface area contributed by atoms with Crippen LogP contribution in [0.1, 0.15) is 0 Å². The molecule has 0 saturated heterocycles. The minimum Gasteiger partial charge on any atom is -0.259 e. The zero-order valence-corrected chi connectivity index (χ0v) is 5.66. The first-order valence-electron chi connectivity index (χ1n) is 3.22. The lowest BCUT2D eigenvalue weighted by molar-refractivity contribution is 0.633. The summed E-state index contributed by atoms with van der Waals surface area (Å²) < 4.78 is 12.9. The molecular weight excluding hydrogens is 143 g/mol. The summed E-state index contributed by atoms with van der Waals surface area (Å²) in [5.74, 6) is -0.324. The molecule has 0 fully saturated rings. The minimum absolute atomic E-state index is 0.324. The van der Waals surface area contributed by atoms with Crippen LogP contribution in [0.25, 0.3) is 10.9 Å². The van der Waals surface area contributed by atoms with Crippen LogP contribution < -0.4 is 0 Å². The molecular formula is C8H5FN2. The number of hydrogen-bond donors (Lipinski definition) is 0. The minimum atomic E-state index is -0.324. The van der Waals surface area contributed by atoms with Gasteiger partial charge in [0.05, 0.1) is 17.9 Å². The molecule has 3 heteroatoms. The quantitative estimate of drug-likeness (QED) is 0.569. The summed E-state index contributed by atoms with van der Waals surface area (Å²) in [6, 6.07) is 3.38. The Balaban J connectivity index is 2.91. The van der Waals surface area contributed by atoms with Gasteiger partial charge in [-0.3, -0.25) is 9.97 Å². The van der Waals surface area contributed by atoms with E-state index in [-0.39, 0.29) is 5.82 Å². The highest BCUT2D eigenvalue weighted by molar-refractivity contribution is 5.77. The van der Waals surface area contributed by atoms with Crippen molar-refractivity contribution in [3.63, 3.8) is 0 Å². The van der Waals surface area contributed by atoms with Crippen LogP contribution in [0.2, 0.25) is 0 Å². The fraction of sp³-hybridized carbons (Fsp3) is 0. The Kier molecular flexibility index (Phi) is 1.28. The molecule has 0 spiro atoms. The van der Waals surface area contributed by atoms with E-state index in [1.807, 2.05) is 0 Å². The molecule has 0 aliphatic rings. The van der Waals surface area contributed by atoms with Gasteiger partial charge in [0.15, 0.2) is 5.82 Å². The molecule has 0 unspecified atom stereocenters. The summed E-state index contributed by atoms with van der Waals surface area (Å²) in [4.78, 5) is 7.61. The van der Waals surface area contributed by atoms with Gasteiger partial charge >= 0.3 is 0 Å². The van der Waals surface area contributed by atoms with Crippen molar-refractivity contribution in [2.75, 3.05) is 0 Å². The van der Waals surface area contributed by atoms with Crippen LogP contribution in [0.5, 0.6) is 0 Å². The molecule has 11 heavy (non-hydrogen) atoms. The van der Waals surface area contributed by atoms with Gasteiger partial charge in [0.25, 0.3) is 0 Å². The van der Waals surface area contributed by atoms with Gasteiger partial charge in [-0.2, -0.15) is 0 Å². The third kappa shape index (κ3) is 0.941. The maximum atomic E-state index is 12.9. The Bertz CT molecular complexity index is 381. The van der Waals surface area contributed by atoms with Crippen LogP contribution >= 0.6 is 0 Å². The van der Waals surface area contributed by atoms with Gasteiger partial charge < -0.3 is 0 Å². The van der Waals surface area contributed by atoms with Crippen molar-refractivity contribution in [2.24, 2.45) is 0 Å². The van der Waals surface area contributed by atoms with E-state index >= 15 is 0 Å². The smallest absolute Gasteiger partial charge is 0.150 e. The van der Waals surface area contributed by atoms with Crippen LogP contribution in [0, 0.1) is 5.82 Å². The topological polar surface area (TPSA) is 25.8 Å². The summed E-state index contributed by atoms with van der Waals surface area (Å²) in [6.07, 6.45) is 4.34. The summed E-state index contributed by atoms with van der Waals surface area (Å²) in [5.41, 5.74) is 0.590. The predicted molar refractivity (Wildman–Crippen MR) is 39.5 cm³/mol. The average Bonchev–Trinajstić information content (AvgIpc) is 2.06. The molecule has 0 amide bonds. The number of aromatic nitrogens is 2. The Labute approximate surface area is 62.7 Å². The maximum Gasteiger partial charge on any atom is 0.150 e. The second kappa shape index (κ2) is 2.27. The zero-order valence-electron chi connectivity index (χ0n) is 5.66. The van der Waals surface area contributed by atoms with E-state index in [1.54, 1.807) is 24.5 Å². The molecule has 2 aromatic rings. The Hall–Kier alpha value is -1.51. The first-order chi connectivity index (χ1) is 5.38. The molecule has 0 aromatic carbocycles. The van der Waals surface area contributed by atoms with Crippen LogP contribution in [0.3, 0.4) is 0 Å². The second-order valence-corrected chi connectivity index (χ2v) is 2.19. The second-order valence-electron chi connectivity index (χ2n) is 2.19. The standard InChI is InChI=1S/C8H5FN2/c9-7-4-10-5-8-6(7)2-1-3-11-8/h1-5H. The largest absolute Gasteiger partial charge is 0.259 e. The van der Waals surface area contributed by atoms with Gasteiger partial charge in [0.1, 0.15) is 0 Å². The fourth-order valence-electron chi connectivity index (χ4n) is 0.965. The van der Waals surface area contributed by atoms with Gasteiger partial charge in [-0.1, -0.05) is 0 Å². The molecule has 0 bridgehead atoms. The molecule has 0 aliphatic carbocycles. The van der Waals surface area contributed by atoms with Crippen LogP contribution in [0.4, 0.5) is 4.39 Å². The number of rotatable bonds is 0. The first-order valence-corrected chi connectivity index (χ1v) is 3.22. The Morgan fingerprint density at radius 3 is 3.00 bits per heavy atom. The van der Waals surface area contributed by atoms with E-state index in [2.05, 4.69) is 9.97 Å². The predicted octanol–water partition coefficient (Wildman–Crippen LogP) is 1.77. The molecule has 0 N–H and O–H groups in total. The van der Waals surface area contributed by atoms with Gasteiger partial charge in [-0.15, -0.1) is 0 Å². The summed E-state index contributed by atoms with van der Waals surface area (Å²) in [6.45, 7) is 0. The highest BCUT2D eigenvalue weighted by atomic mass is 19.1. The number of halogens is 1. The lowest BCUT2D eigenvalue weighted by Gasteiger charge is -1.94. The van der Waals surface area contributed by atoms with E-state index in [1.165, 1.54) is 6.20 Å². The van der Waals surface area contributed by atoms with E-state index in [0.29, 0.717) is 10.9 Å².